The molecular weight excluding hydrogens is 92.1 g/mol. The van der Waals surface area contributed by atoms with Gasteiger partial charge in [-0.25, -0.2) is 0 Å². The maximum atomic E-state index is 9.44. The Morgan fingerprint density at radius 2 is 1.60 bits per heavy atom. The number of hydrogen-bond acceptors (Lipinski definition) is 1. The Balaban J connectivity index is -0.0000000150. The van der Waals surface area contributed by atoms with E-state index in [0.29, 0.717) is 0 Å². The molecule has 0 saturated heterocycles. The first-order valence-corrected chi connectivity index (χ1v) is 1.20. The van der Waals surface area contributed by atoms with Crippen LogP contribution in [0.15, 0.2) is 0 Å². The van der Waals surface area contributed by atoms with Crippen LogP contribution < -0.4 is 0 Å². The van der Waals surface area contributed by atoms with E-state index in [1.807, 2.05) is 0 Å². The van der Waals surface area contributed by atoms with E-state index in [1.165, 1.54) is 13.8 Å². The molecule has 28 valence electrons. The zero-order valence-corrected chi connectivity index (χ0v) is 5.82. The third-order valence-corrected chi connectivity index (χ3v) is 0. The molecule has 5 heavy (non-hydrogen) atoms. The predicted molar refractivity (Wildman–Crippen MR) is 24.3 cm³/mol. The fourth-order valence-electron chi connectivity index (χ4n) is 0. The Hall–Kier alpha value is 0.930. The van der Waals surface area contributed by atoms with E-state index >= 15 is 0 Å². The maximum Gasteiger partial charge on any atom is 2.00 e. The summed E-state index contributed by atoms with van der Waals surface area (Å²) in [4.78, 5) is 9.44. The standard InChI is InChI=1S/C3H6O.Ca.2H/c1-3(2)4;;;/h1-2H3;;;/q;+2;2*-1. The van der Waals surface area contributed by atoms with Gasteiger partial charge < -0.3 is 7.65 Å². The monoisotopic (exact) mass is 100 g/mol. The van der Waals surface area contributed by atoms with E-state index in [2.05, 4.69) is 0 Å². The molecule has 0 aliphatic heterocycles. The second-order valence-electron chi connectivity index (χ2n) is 0.908. The Bertz CT molecular complexity index is 35.9. The van der Waals surface area contributed by atoms with Crippen LogP contribution in [0.2, 0.25) is 0 Å². The summed E-state index contributed by atoms with van der Waals surface area (Å²) in [5.74, 6) is 0.167. The van der Waals surface area contributed by atoms with Crippen molar-refractivity contribution in [2.45, 2.75) is 13.8 Å². The van der Waals surface area contributed by atoms with Gasteiger partial charge in [-0.1, -0.05) is 0 Å². The molecule has 0 aliphatic carbocycles. The largest absolute Gasteiger partial charge is 2.00 e. The van der Waals surface area contributed by atoms with Crippen LogP contribution in [0.5, 0.6) is 0 Å². The van der Waals surface area contributed by atoms with Gasteiger partial charge in [-0.05, 0) is 13.8 Å². The summed E-state index contributed by atoms with van der Waals surface area (Å²) in [5.41, 5.74) is 0. The number of rotatable bonds is 0. The van der Waals surface area contributed by atoms with Gasteiger partial charge >= 0.3 is 37.7 Å². The first-order chi connectivity index (χ1) is 1.73. The third-order valence-electron chi connectivity index (χ3n) is 0. The second kappa shape index (κ2) is 4.93. The molecule has 0 amide bonds. The van der Waals surface area contributed by atoms with Gasteiger partial charge in [0.15, 0.2) is 0 Å². The number of carbonyl (C=O) groups is 1. The molecule has 0 unspecified atom stereocenters. The van der Waals surface area contributed by atoms with E-state index in [0.717, 1.165) is 0 Å². The minimum atomic E-state index is 0. The summed E-state index contributed by atoms with van der Waals surface area (Å²) in [7, 11) is 0. The van der Waals surface area contributed by atoms with Crippen LogP contribution in [-0.4, -0.2) is 43.5 Å². The topological polar surface area (TPSA) is 17.1 Å². The van der Waals surface area contributed by atoms with Crippen LogP contribution in [0.1, 0.15) is 16.7 Å². The molecule has 0 spiro atoms. The molecule has 0 bridgehead atoms. The van der Waals surface area contributed by atoms with Gasteiger partial charge in [0.1, 0.15) is 5.78 Å². The molecule has 0 aliphatic rings. The predicted octanol–water partition coefficient (Wildman–Crippen LogP) is 0.439. The molecule has 0 aromatic rings. The number of Topliss-reactive ketones (excluding diaryl/α,β-unsaturated/α-hetero) is 1. The summed E-state index contributed by atoms with van der Waals surface area (Å²) < 4.78 is 0. The van der Waals surface area contributed by atoms with Crippen LogP contribution in [0.3, 0.4) is 0 Å². The second-order valence-corrected chi connectivity index (χ2v) is 0.908. The molecule has 2 heteroatoms. The van der Waals surface area contributed by atoms with Crippen molar-refractivity contribution < 1.29 is 7.65 Å². The minimum Gasteiger partial charge on any atom is -1.00 e. The van der Waals surface area contributed by atoms with Crippen LogP contribution in [0, 0.1) is 0 Å². The third kappa shape index (κ3) is 49.0. The van der Waals surface area contributed by atoms with Crippen molar-refractivity contribution in [3.8, 4) is 0 Å². The van der Waals surface area contributed by atoms with Crippen molar-refractivity contribution in [2.75, 3.05) is 0 Å². The van der Waals surface area contributed by atoms with Crippen molar-refractivity contribution in [2.24, 2.45) is 0 Å². The zero-order valence-electron chi connectivity index (χ0n) is 5.62. The summed E-state index contributed by atoms with van der Waals surface area (Å²) in [6.07, 6.45) is 0. The summed E-state index contributed by atoms with van der Waals surface area (Å²) in [5, 5.41) is 0. The van der Waals surface area contributed by atoms with E-state index in [1.54, 1.807) is 0 Å². The van der Waals surface area contributed by atoms with Crippen LogP contribution in [0.25, 0.3) is 0 Å². The summed E-state index contributed by atoms with van der Waals surface area (Å²) in [6.45, 7) is 3.06. The smallest absolute Gasteiger partial charge is 1.00 e. The SMILES string of the molecule is CC(C)=O.[Ca+2].[H-].[H-]. The summed E-state index contributed by atoms with van der Waals surface area (Å²) >= 11 is 0. The maximum absolute atomic E-state index is 9.44. The normalized spacial score (nSPS) is 5.20. The van der Waals surface area contributed by atoms with Gasteiger partial charge in [0.05, 0.1) is 0 Å². The average molecular weight is 100 g/mol. The Morgan fingerprint density at radius 3 is 1.60 bits per heavy atom. The molecular formula is C3H8CaO. The van der Waals surface area contributed by atoms with E-state index in [9.17, 15) is 4.79 Å². The molecule has 0 aromatic heterocycles. The van der Waals surface area contributed by atoms with Crippen molar-refractivity contribution in [1.29, 1.82) is 0 Å². The Morgan fingerprint density at radius 1 is 1.60 bits per heavy atom. The molecule has 0 heterocycles. The van der Waals surface area contributed by atoms with Gasteiger partial charge in [-0.3, -0.25) is 0 Å². The Kier molecular flexibility index (Phi) is 9.20. The molecule has 0 rings (SSSR count). The number of ketones is 1. The van der Waals surface area contributed by atoms with Crippen LogP contribution in [-0.2, 0) is 4.79 Å². The fourth-order valence-corrected chi connectivity index (χ4v) is 0. The first-order valence-electron chi connectivity index (χ1n) is 1.20. The van der Waals surface area contributed by atoms with Gasteiger partial charge in [-0.15, -0.1) is 0 Å². The molecule has 0 N–H and O–H groups in total. The average Bonchev–Trinajstić information content (AvgIpc) is 0.811. The quantitative estimate of drug-likeness (QED) is 0.404. The van der Waals surface area contributed by atoms with E-state index < -0.39 is 0 Å². The Labute approximate surface area is 64.7 Å². The zero-order chi connectivity index (χ0) is 3.58. The number of hydrogen-bond donors (Lipinski definition) is 0. The van der Waals surface area contributed by atoms with Gasteiger partial charge in [-0.2, -0.15) is 0 Å². The number of carbonyl (C=O) groups excluding carboxylic acids is 1. The van der Waals surface area contributed by atoms with Crippen molar-refractivity contribution in [1.82, 2.24) is 0 Å². The first kappa shape index (κ1) is 9.33. The van der Waals surface area contributed by atoms with Crippen molar-refractivity contribution in [3.05, 3.63) is 0 Å². The van der Waals surface area contributed by atoms with Crippen LogP contribution in [0.4, 0.5) is 0 Å². The fraction of sp³-hybridized carbons (Fsp3) is 0.667. The van der Waals surface area contributed by atoms with E-state index in [4.69, 9.17) is 0 Å². The van der Waals surface area contributed by atoms with Crippen molar-refractivity contribution in [3.63, 3.8) is 0 Å². The molecule has 0 fully saturated rings. The molecule has 0 atom stereocenters. The summed E-state index contributed by atoms with van der Waals surface area (Å²) in [6, 6.07) is 0. The van der Waals surface area contributed by atoms with Gasteiger partial charge in [0, 0.05) is 0 Å². The van der Waals surface area contributed by atoms with Gasteiger partial charge in [0.25, 0.3) is 0 Å². The van der Waals surface area contributed by atoms with E-state index in [-0.39, 0.29) is 46.4 Å². The molecule has 1 nitrogen and oxygen atoms in total. The van der Waals surface area contributed by atoms with Crippen molar-refractivity contribution >= 4 is 43.5 Å². The molecule has 0 saturated carbocycles. The van der Waals surface area contributed by atoms with Crippen LogP contribution >= 0.6 is 0 Å². The minimum absolute atomic E-state index is 0. The van der Waals surface area contributed by atoms with Gasteiger partial charge in [0.2, 0.25) is 0 Å². The molecule has 0 aromatic carbocycles. The molecule has 0 radical (unpaired) electrons.